The van der Waals surface area contributed by atoms with Crippen molar-refractivity contribution in [3.05, 3.63) is 42.2 Å². The third kappa shape index (κ3) is 6.72. The molecule has 224 valence electrons. The van der Waals surface area contributed by atoms with Gasteiger partial charge in [-0.1, -0.05) is 28.7 Å². The number of nitrogens with zero attached hydrogens (tertiary/aromatic N) is 5. The first kappa shape index (κ1) is 28.9. The summed E-state index contributed by atoms with van der Waals surface area (Å²) in [5, 5.41) is 11.4. The van der Waals surface area contributed by atoms with E-state index < -0.39 is 15.8 Å². The first-order valence-electron chi connectivity index (χ1n) is 14.3. The molecule has 1 saturated carbocycles. The Morgan fingerprint density at radius 3 is 2.45 bits per heavy atom. The lowest BCUT2D eigenvalue weighted by molar-refractivity contribution is -0.136. The summed E-state index contributed by atoms with van der Waals surface area (Å²) in [6, 6.07) is 6.79. The van der Waals surface area contributed by atoms with Crippen LogP contribution in [0, 0.1) is 5.92 Å². The highest BCUT2D eigenvalue weighted by atomic mass is 32.2. The van der Waals surface area contributed by atoms with Crippen LogP contribution in [0.25, 0.3) is 10.6 Å². The lowest BCUT2D eigenvalue weighted by Gasteiger charge is -2.26. The van der Waals surface area contributed by atoms with E-state index in [0.717, 1.165) is 18.4 Å². The zero-order valence-electron chi connectivity index (χ0n) is 23.2. The summed E-state index contributed by atoms with van der Waals surface area (Å²) < 4.78 is 37.7. The van der Waals surface area contributed by atoms with E-state index in [0.29, 0.717) is 85.3 Å². The highest BCUT2D eigenvalue weighted by molar-refractivity contribution is 7.92. The van der Waals surface area contributed by atoms with E-state index in [9.17, 15) is 18.0 Å². The number of rotatable bonds is 10. The first-order valence-corrected chi connectivity index (χ1v) is 16.7. The molecule has 0 bridgehead atoms. The van der Waals surface area contributed by atoms with Crippen LogP contribution >= 0.6 is 11.3 Å². The van der Waals surface area contributed by atoms with Gasteiger partial charge in [0, 0.05) is 32.5 Å². The second-order valence-corrected chi connectivity index (χ2v) is 14.2. The molecule has 42 heavy (non-hydrogen) atoms. The van der Waals surface area contributed by atoms with Crippen molar-refractivity contribution in [2.24, 2.45) is 5.92 Å². The number of hydrogen-bond acceptors (Lipinski definition) is 10. The maximum absolute atomic E-state index is 13.6. The predicted octanol–water partition coefficient (Wildman–Crippen LogP) is 2.74. The quantitative estimate of drug-likeness (QED) is 0.364. The van der Waals surface area contributed by atoms with Crippen LogP contribution in [0.15, 0.2) is 41.6 Å². The van der Waals surface area contributed by atoms with Gasteiger partial charge in [-0.15, -0.1) is 5.10 Å². The molecule has 3 fully saturated rings. The van der Waals surface area contributed by atoms with Crippen LogP contribution in [0.1, 0.15) is 43.6 Å². The Bertz CT molecular complexity index is 1510. The standard InChI is InChI=1S/C28H34N6O6S2/c35-26(33-9-13-40-14-10-33)18-34-17-24(31-32-34)25-16-29-28(41-25)30-27(36)23(15-19-7-11-39-12-8-19)20-1-3-21(4-2-20)42(37,38)22-5-6-22/h1-4,16-17,19,22-23H,5-15,18H2,(H,29,30,36). The molecule has 1 aromatic carbocycles. The highest BCUT2D eigenvalue weighted by Gasteiger charge is 2.37. The van der Waals surface area contributed by atoms with Crippen molar-refractivity contribution in [2.45, 2.75) is 54.7 Å². The van der Waals surface area contributed by atoms with Gasteiger partial charge in [-0.25, -0.2) is 18.1 Å². The van der Waals surface area contributed by atoms with Crippen molar-refractivity contribution in [1.29, 1.82) is 0 Å². The largest absolute Gasteiger partial charge is 0.381 e. The lowest BCUT2D eigenvalue weighted by atomic mass is 9.84. The molecule has 3 aliphatic rings. The second-order valence-electron chi connectivity index (χ2n) is 11.0. The Morgan fingerprint density at radius 2 is 1.74 bits per heavy atom. The Balaban J connectivity index is 1.14. The molecule has 1 atom stereocenters. The Morgan fingerprint density at radius 1 is 1.02 bits per heavy atom. The van der Waals surface area contributed by atoms with Crippen molar-refractivity contribution in [3.8, 4) is 10.6 Å². The van der Waals surface area contributed by atoms with Gasteiger partial charge in [0.2, 0.25) is 11.8 Å². The van der Waals surface area contributed by atoms with Crippen molar-refractivity contribution < 1.29 is 27.5 Å². The number of carbonyl (C=O) groups excluding carboxylic acids is 2. The van der Waals surface area contributed by atoms with Crippen LogP contribution < -0.4 is 5.32 Å². The number of aromatic nitrogens is 4. The van der Waals surface area contributed by atoms with Crippen LogP contribution in [0.4, 0.5) is 5.13 Å². The minimum Gasteiger partial charge on any atom is -0.381 e. The van der Waals surface area contributed by atoms with Crippen LogP contribution in [0.3, 0.4) is 0 Å². The normalized spacial score (nSPS) is 19.0. The van der Waals surface area contributed by atoms with Gasteiger partial charge in [0.1, 0.15) is 12.2 Å². The SMILES string of the molecule is O=C(Nc1ncc(-c2cn(CC(=O)N3CCOCC3)nn2)s1)C(CC1CCOCC1)c1ccc(S(=O)(=O)C2CC2)cc1. The summed E-state index contributed by atoms with van der Waals surface area (Å²) in [7, 11) is -3.30. The summed E-state index contributed by atoms with van der Waals surface area (Å²) in [6.45, 7) is 3.64. The molecule has 6 rings (SSSR count). The number of hydrogen-bond donors (Lipinski definition) is 1. The Hall–Kier alpha value is -3.20. The molecule has 1 unspecified atom stereocenters. The topological polar surface area (TPSA) is 146 Å². The maximum Gasteiger partial charge on any atom is 0.244 e. The van der Waals surface area contributed by atoms with Gasteiger partial charge < -0.3 is 19.7 Å². The summed E-state index contributed by atoms with van der Waals surface area (Å²) in [6.07, 6.45) is 7.13. The van der Waals surface area contributed by atoms with Gasteiger partial charge in [0.05, 0.1) is 40.4 Å². The van der Waals surface area contributed by atoms with Crippen LogP contribution in [-0.2, 0) is 35.4 Å². The molecular weight excluding hydrogens is 580 g/mol. The fraction of sp³-hybridized carbons (Fsp3) is 0.536. The van der Waals surface area contributed by atoms with Gasteiger partial charge in [-0.3, -0.25) is 9.59 Å². The zero-order chi connectivity index (χ0) is 29.1. The monoisotopic (exact) mass is 614 g/mol. The third-order valence-corrected chi connectivity index (χ3v) is 11.2. The van der Waals surface area contributed by atoms with Crippen molar-refractivity contribution in [1.82, 2.24) is 24.9 Å². The Kier molecular flexibility index (Phi) is 8.65. The molecule has 1 N–H and O–H groups in total. The molecule has 1 aliphatic carbocycles. The van der Waals surface area contributed by atoms with E-state index in [1.54, 1.807) is 41.6 Å². The molecule has 2 amide bonds. The molecule has 14 heteroatoms. The third-order valence-electron chi connectivity index (χ3n) is 7.99. The van der Waals surface area contributed by atoms with Gasteiger partial charge >= 0.3 is 0 Å². The molecule has 3 aromatic rings. The minimum atomic E-state index is -3.30. The first-order chi connectivity index (χ1) is 20.4. The van der Waals surface area contributed by atoms with Crippen molar-refractivity contribution >= 4 is 38.1 Å². The predicted molar refractivity (Wildman–Crippen MR) is 155 cm³/mol. The van der Waals surface area contributed by atoms with E-state index in [2.05, 4.69) is 20.6 Å². The van der Waals surface area contributed by atoms with E-state index in [4.69, 9.17) is 9.47 Å². The number of ether oxygens (including phenoxy) is 2. The number of benzene rings is 1. The van der Waals surface area contributed by atoms with Crippen molar-refractivity contribution in [2.75, 3.05) is 44.8 Å². The van der Waals surface area contributed by atoms with Gasteiger partial charge in [-0.05, 0) is 55.7 Å². The number of thiazole rings is 1. The smallest absolute Gasteiger partial charge is 0.244 e. The molecule has 0 radical (unpaired) electrons. The van der Waals surface area contributed by atoms with Gasteiger partial charge in [0.15, 0.2) is 15.0 Å². The van der Waals surface area contributed by atoms with Crippen LogP contribution in [0.2, 0.25) is 0 Å². The number of carbonyl (C=O) groups is 2. The zero-order valence-corrected chi connectivity index (χ0v) is 24.8. The van der Waals surface area contributed by atoms with Crippen molar-refractivity contribution in [3.63, 3.8) is 0 Å². The number of anilines is 1. The second kappa shape index (κ2) is 12.6. The Labute approximate surface area is 248 Å². The van der Waals surface area contributed by atoms with E-state index in [1.165, 1.54) is 16.0 Å². The number of sulfone groups is 1. The molecule has 2 aromatic heterocycles. The summed E-state index contributed by atoms with van der Waals surface area (Å²) >= 11 is 1.28. The lowest BCUT2D eigenvalue weighted by Crippen LogP contribution is -2.42. The fourth-order valence-electron chi connectivity index (χ4n) is 5.35. The summed E-state index contributed by atoms with van der Waals surface area (Å²) in [5.74, 6) is -0.377. The molecule has 2 aliphatic heterocycles. The number of morpholine rings is 1. The van der Waals surface area contributed by atoms with E-state index >= 15 is 0 Å². The van der Waals surface area contributed by atoms with Gasteiger partial charge in [0.25, 0.3) is 0 Å². The summed E-state index contributed by atoms with van der Waals surface area (Å²) in [5.41, 5.74) is 1.34. The maximum atomic E-state index is 13.6. The van der Waals surface area contributed by atoms with Gasteiger partial charge in [-0.2, -0.15) is 0 Å². The van der Waals surface area contributed by atoms with Crippen LogP contribution in [0.5, 0.6) is 0 Å². The average molecular weight is 615 g/mol. The summed E-state index contributed by atoms with van der Waals surface area (Å²) in [4.78, 5) is 33.3. The molecule has 0 spiro atoms. The molecule has 2 saturated heterocycles. The van der Waals surface area contributed by atoms with Crippen LogP contribution in [-0.4, -0.2) is 89.9 Å². The minimum absolute atomic E-state index is 0.0410. The fourth-order valence-corrected chi connectivity index (χ4v) is 7.78. The highest BCUT2D eigenvalue weighted by Crippen LogP contribution is 2.36. The molecule has 12 nitrogen and oxygen atoms in total. The number of amides is 2. The molecule has 4 heterocycles. The van der Waals surface area contributed by atoms with E-state index in [1.807, 2.05) is 0 Å². The average Bonchev–Trinajstić information content (AvgIpc) is 3.63. The van der Waals surface area contributed by atoms with E-state index in [-0.39, 0.29) is 23.6 Å². The molecular formula is C28H34N6O6S2. The number of nitrogens with one attached hydrogen (secondary N) is 1.